The number of amides is 1. The van der Waals surface area contributed by atoms with Crippen LogP contribution in [0.5, 0.6) is 5.75 Å². The highest BCUT2D eigenvalue weighted by atomic mass is 16.5. The molecule has 1 amide bonds. The first-order valence-electron chi connectivity index (χ1n) is 10.3. The number of aryl methyl sites for hydroxylation is 1. The fourth-order valence-corrected chi connectivity index (χ4v) is 3.18. The van der Waals surface area contributed by atoms with Gasteiger partial charge in [-0.2, -0.15) is 0 Å². The second-order valence-corrected chi connectivity index (χ2v) is 7.48. The van der Waals surface area contributed by atoms with Gasteiger partial charge in [-0.25, -0.2) is 9.59 Å². The number of carbonyl (C=O) groups excluding carboxylic acids is 2. The molecule has 6 heteroatoms. The SMILES string of the molecule is Cc1ccc(/C=C/C(=O)Oc2ccc3cc(C(=O)NCc4ccccc4)c(=O)oc3c2)cc1. The van der Waals surface area contributed by atoms with Gasteiger partial charge in [0.05, 0.1) is 0 Å². The van der Waals surface area contributed by atoms with Gasteiger partial charge in [0, 0.05) is 24.1 Å². The number of benzene rings is 3. The Hall–Kier alpha value is -4.45. The third-order valence-electron chi connectivity index (χ3n) is 4.96. The summed E-state index contributed by atoms with van der Waals surface area (Å²) in [5.41, 5.74) is 2.27. The van der Waals surface area contributed by atoms with E-state index in [-0.39, 0.29) is 16.9 Å². The van der Waals surface area contributed by atoms with Gasteiger partial charge >= 0.3 is 11.6 Å². The molecule has 3 aromatic carbocycles. The van der Waals surface area contributed by atoms with Crippen LogP contribution in [0.3, 0.4) is 0 Å². The molecule has 0 aliphatic rings. The predicted molar refractivity (Wildman–Crippen MR) is 126 cm³/mol. The average Bonchev–Trinajstić information content (AvgIpc) is 2.82. The average molecular weight is 439 g/mol. The molecular weight excluding hydrogens is 418 g/mol. The van der Waals surface area contributed by atoms with Gasteiger partial charge in [-0.1, -0.05) is 60.2 Å². The summed E-state index contributed by atoms with van der Waals surface area (Å²) >= 11 is 0. The minimum absolute atomic E-state index is 0.0933. The monoisotopic (exact) mass is 439 g/mol. The molecule has 164 valence electrons. The van der Waals surface area contributed by atoms with E-state index in [1.165, 1.54) is 18.2 Å². The molecule has 1 aromatic heterocycles. The maximum Gasteiger partial charge on any atom is 0.349 e. The van der Waals surface area contributed by atoms with Gasteiger partial charge in [0.15, 0.2) is 0 Å². The number of carbonyl (C=O) groups is 2. The fourth-order valence-electron chi connectivity index (χ4n) is 3.18. The number of hydrogen-bond acceptors (Lipinski definition) is 5. The summed E-state index contributed by atoms with van der Waals surface area (Å²) in [5.74, 6) is -0.856. The van der Waals surface area contributed by atoms with Crippen LogP contribution in [0, 0.1) is 6.92 Å². The molecule has 4 aromatic rings. The zero-order chi connectivity index (χ0) is 23.2. The van der Waals surface area contributed by atoms with Crippen molar-refractivity contribution in [1.29, 1.82) is 0 Å². The Morgan fingerprint density at radius 3 is 2.48 bits per heavy atom. The van der Waals surface area contributed by atoms with Gasteiger partial charge in [0.2, 0.25) is 0 Å². The molecule has 6 nitrogen and oxygen atoms in total. The van der Waals surface area contributed by atoms with Crippen LogP contribution in [0.25, 0.3) is 17.0 Å². The van der Waals surface area contributed by atoms with Crippen molar-refractivity contribution in [3.05, 3.63) is 118 Å². The maximum absolute atomic E-state index is 12.5. The Morgan fingerprint density at radius 1 is 0.970 bits per heavy atom. The van der Waals surface area contributed by atoms with E-state index in [9.17, 15) is 14.4 Å². The number of nitrogens with one attached hydrogen (secondary N) is 1. The zero-order valence-electron chi connectivity index (χ0n) is 17.9. The van der Waals surface area contributed by atoms with Gasteiger partial charge in [0.25, 0.3) is 5.91 Å². The van der Waals surface area contributed by atoms with Crippen LogP contribution < -0.4 is 15.7 Å². The van der Waals surface area contributed by atoms with Crippen LogP contribution in [0.4, 0.5) is 0 Å². The largest absolute Gasteiger partial charge is 0.423 e. The number of esters is 1. The standard InChI is InChI=1S/C27H21NO5/c1-18-7-9-19(10-8-18)11-14-25(29)32-22-13-12-21-15-23(27(31)33-24(21)16-22)26(30)28-17-20-5-3-2-4-6-20/h2-16H,17H2,1H3,(H,28,30)/b14-11+. The number of ether oxygens (including phenoxy) is 1. The first-order valence-corrected chi connectivity index (χ1v) is 10.3. The summed E-state index contributed by atoms with van der Waals surface area (Å²) < 4.78 is 10.6. The molecule has 0 bridgehead atoms. The van der Waals surface area contributed by atoms with E-state index in [0.717, 1.165) is 16.7 Å². The van der Waals surface area contributed by atoms with Crippen LogP contribution in [0.2, 0.25) is 0 Å². The van der Waals surface area contributed by atoms with Crippen molar-refractivity contribution < 1.29 is 18.7 Å². The van der Waals surface area contributed by atoms with Gasteiger partial charge in [0.1, 0.15) is 16.9 Å². The first-order chi connectivity index (χ1) is 16.0. The summed E-state index contributed by atoms with van der Waals surface area (Å²) in [4.78, 5) is 36.9. The van der Waals surface area contributed by atoms with Crippen molar-refractivity contribution in [3.63, 3.8) is 0 Å². The van der Waals surface area contributed by atoms with Crippen LogP contribution in [-0.4, -0.2) is 11.9 Å². The second kappa shape index (κ2) is 9.78. The van der Waals surface area contributed by atoms with Crippen molar-refractivity contribution in [1.82, 2.24) is 5.32 Å². The smallest absolute Gasteiger partial charge is 0.349 e. The summed E-state index contributed by atoms with van der Waals surface area (Å²) in [5, 5.41) is 3.25. The van der Waals surface area contributed by atoms with E-state index in [2.05, 4.69) is 5.32 Å². The van der Waals surface area contributed by atoms with Crippen molar-refractivity contribution in [2.75, 3.05) is 0 Å². The van der Waals surface area contributed by atoms with E-state index in [1.54, 1.807) is 18.2 Å². The van der Waals surface area contributed by atoms with Gasteiger partial charge in [-0.3, -0.25) is 4.79 Å². The predicted octanol–water partition coefficient (Wildman–Crippen LogP) is 4.65. The van der Waals surface area contributed by atoms with Crippen LogP contribution in [0.1, 0.15) is 27.0 Å². The molecule has 0 saturated heterocycles. The molecule has 33 heavy (non-hydrogen) atoms. The van der Waals surface area contributed by atoms with Crippen molar-refractivity contribution in [3.8, 4) is 5.75 Å². The van der Waals surface area contributed by atoms with Crippen molar-refractivity contribution in [2.24, 2.45) is 0 Å². The lowest BCUT2D eigenvalue weighted by molar-refractivity contribution is -0.128. The molecule has 0 aliphatic heterocycles. The van der Waals surface area contributed by atoms with Gasteiger partial charge < -0.3 is 14.5 Å². The Balaban J connectivity index is 1.45. The molecule has 4 rings (SSSR count). The number of fused-ring (bicyclic) bond motifs is 1. The van der Waals surface area contributed by atoms with Gasteiger partial charge in [-0.15, -0.1) is 0 Å². The molecule has 0 radical (unpaired) electrons. The Morgan fingerprint density at radius 2 is 1.73 bits per heavy atom. The number of rotatable bonds is 6. The highest BCUT2D eigenvalue weighted by Crippen LogP contribution is 2.21. The zero-order valence-corrected chi connectivity index (χ0v) is 17.9. The Labute approximate surface area is 190 Å². The van der Waals surface area contributed by atoms with E-state index in [4.69, 9.17) is 9.15 Å². The van der Waals surface area contributed by atoms with Crippen LogP contribution >= 0.6 is 0 Å². The summed E-state index contributed by atoms with van der Waals surface area (Å²) in [7, 11) is 0. The molecule has 1 N–H and O–H groups in total. The number of hydrogen-bond donors (Lipinski definition) is 1. The minimum Gasteiger partial charge on any atom is -0.423 e. The molecule has 0 saturated carbocycles. The Bertz CT molecular complexity index is 1390. The lowest BCUT2D eigenvalue weighted by Gasteiger charge is -2.06. The highest BCUT2D eigenvalue weighted by Gasteiger charge is 2.14. The minimum atomic E-state index is -0.768. The second-order valence-electron chi connectivity index (χ2n) is 7.48. The molecule has 0 atom stereocenters. The van der Waals surface area contributed by atoms with Crippen molar-refractivity contribution >= 4 is 28.9 Å². The lowest BCUT2D eigenvalue weighted by Crippen LogP contribution is -2.27. The van der Waals surface area contributed by atoms with E-state index < -0.39 is 17.5 Å². The molecule has 1 heterocycles. The third kappa shape index (κ3) is 5.62. The van der Waals surface area contributed by atoms with Crippen LogP contribution in [-0.2, 0) is 11.3 Å². The summed E-state index contributed by atoms with van der Waals surface area (Å²) in [6.07, 6.45) is 2.98. The molecule has 0 fully saturated rings. The first kappa shape index (κ1) is 21.8. The summed E-state index contributed by atoms with van der Waals surface area (Å²) in [6.45, 7) is 2.28. The van der Waals surface area contributed by atoms with Gasteiger partial charge in [-0.05, 0) is 42.3 Å². The molecule has 0 spiro atoms. The fraction of sp³-hybridized carbons (Fsp3) is 0.0741. The van der Waals surface area contributed by atoms with E-state index in [0.29, 0.717) is 11.9 Å². The topological polar surface area (TPSA) is 85.6 Å². The Kier molecular flexibility index (Phi) is 6.45. The molecule has 0 unspecified atom stereocenters. The summed E-state index contributed by atoms with van der Waals surface area (Å²) in [6, 6.07) is 23.2. The molecular formula is C27H21NO5. The normalized spacial score (nSPS) is 10.9. The van der Waals surface area contributed by atoms with E-state index in [1.807, 2.05) is 61.5 Å². The quantitative estimate of drug-likeness (QED) is 0.205. The van der Waals surface area contributed by atoms with Crippen LogP contribution in [0.15, 0.2) is 94.2 Å². The highest BCUT2D eigenvalue weighted by molar-refractivity contribution is 5.97. The van der Waals surface area contributed by atoms with Crippen molar-refractivity contribution in [2.45, 2.75) is 13.5 Å². The maximum atomic E-state index is 12.5. The molecule has 0 aliphatic carbocycles. The van der Waals surface area contributed by atoms with E-state index >= 15 is 0 Å². The third-order valence-corrected chi connectivity index (χ3v) is 4.96. The lowest BCUT2D eigenvalue weighted by atomic mass is 10.1.